The Balaban J connectivity index is 2.45. The van der Waals surface area contributed by atoms with Crippen LogP contribution in [0, 0.1) is 5.92 Å². The third kappa shape index (κ3) is 1.48. The maximum absolute atomic E-state index is 5.92. The number of nitrogens with two attached hydrogens (primary N) is 1. The molecule has 0 bridgehead atoms. The lowest BCUT2D eigenvalue weighted by Crippen LogP contribution is -2.16. The lowest BCUT2D eigenvalue weighted by Gasteiger charge is -2.09. The number of aromatic nitrogens is 2. The van der Waals surface area contributed by atoms with Crippen molar-refractivity contribution < 1.29 is 4.42 Å². The molecule has 0 fully saturated rings. The van der Waals surface area contributed by atoms with Crippen molar-refractivity contribution in [3.63, 3.8) is 0 Å². The van der Waals surface area contributed by atoms with Gasteiger partial charge in [0.25, 0.3) is 0 Å². The molecule has 0 saturated heterocycles. The minimum atomic E-state index is -0.163. The summed E-state index contributed by atoms with van der Waals surface area (Å²) >= 11 is 0. The molecular weight excluding hydrogens is 178 g/mol. The van der Waals surface area contributed by atoms with Gasteiger partial charge in [-0.05, 0) is 18.1 Å². The fourth-order valence-electron chi connectivity index (χ4n) is 1.21. The minimum absolute atomic E-state index is 0.163. The van der Waals surface area contributed by atoms with Gasteiger partial charge in [0, 0.05) is 6.20 Å². The second-order valence-electron chi connectivity index (χ2n) is 3.65. The first-order valence-electron chi connectivity index (χ1n) is 4.65. The molecule has 0 aliphatic carbocycles. The summed E-state index contributed by atoms with van der Waals surface area (Å²) in [7, 11) is 0. The van der Waals surface area contributed by atoms with Crippen LogP contribution in [0.4, 0.5) is 0 Å². The highest BCUT2D eigenvalue weighted by Crippen LogP contribution is 2.21. The Bertz CT molecular complexity index is 403. The summed E-state index contributed by atoms with van der Waals surface area (Å²) in [5, 5.41) is 0. The van der Waals surface area contributed by atoms with E-state index in [9.17, 15) is 0 Å². The van der Waals surface area contributed by atoms with Gasteiger partial charge in [-0.3, -0.25) is 0 Å². The molecule has 1 atom stereocenters. The van der Waals surface area contributed by atoms with Gasteiger partial charge in [-0.2, -0.15) is 0 Å². The van der Waals surface area contributed by atoms with E-state index in [0.717, 1.165) is 5.52 Å². The van der Waals surface area contributed by atoms with Crippen LogP contribution in [0.3, 0.4) is 0 Å². The largest absolute Gasteiger partial charge is 0.421 e. The zero-order valence-electron chi connectivity index (χ0n) is 8.27. The van der Waals surface area contributed by atoms with Gasteiger partial charge >= 0.3 is 0 Å². The Morgan fingerprint density at radius 3 is 2.86 bits per heavy atom. The summed E-state index contributed by atoms with van der Waals surface area (Å²) < 4.78 is 5.44. The van der Waals surface area contributed by atoms with Crippen molar-refractivity contribution in [2.45, 2.75) is 19.9 Å². The lowest BCUT2D eigenvalue weighted by atomic mass is 10.1. The molecular formula is C10H13N3O. The van der Waals surface area contributed by atoms with Gasteiger partial charge in [0.15, 0.2) is 0 Å². The second kappa shape index (κ2) is 3.38. The number of rotatable bonds is 2. The first-order chi connectivity index (χ1) is 6.68. The standard InChI is InChI=1S/C10H13N3O/c1-6(2)8(11)10-13-7-4-3-5-12-9(7)14-10/h3-6,8H,11H2,1-2H3/t8-/m0/s1. The van der Waals surface area contributed by atoms with Crippen LogP contribution in [0.1, 0.15) is 25.8 Å². The van der Waals surface area contributed by atoms with E-state index in [1.165, 1.54) is 0 Å². The summed E-state index contributed by atoms with van der Waals surface area (Å²) in [5.41, 5.74) is 7.23. The van der Waals surface area contributed by atoms with E-state index in [-0.39, 0.29) is 6.04 Å². The number of oxazole rings is 1. The summed E-state index contributed by atoms with van der Waals surface area (Å²) in [6.07, 6.45) is 1.68. The van der Waals surface area contributed by atoms with Crippen LogP contribution in [0.2, 0.25) is 0 Å². The van der Waals surface area contributed by atoms with Crippen LogP contribution >= 0.6 is 0 Å². The quantitative estimate of drug-likeness (QED) is 0.787. The fraction of sp³-hybridized carbons (Fsp3) is 0.400. The van der Waals surface area contributed by atoms with E-state index < -0.39 is 0 Å². The summed E-state index contributed by atoms with van der Waals surface area (Å²) in [5.74, 6) is 0.872. The third-order valence-electron chi connectivity index (χ3n) is 2.19. The Labute approximate surface area is 82.1 Å². The van der Waals surface area contributed by atoms with Crippen molar-refractivity contribution in [2.24, 2.45) is 11.7 Å². The van der Waals surface area contributed by atoms with Crippen LogP contribution in [0.5, 0.6) is 0 Å². The molecule has 0 amide bonds. The highest BCUT2D eigenvalue weighted by Gasteiger charge is 2.17. The van der Waals surface area contributed by atoms with Crippen molar-refractivity contribution in [1.82, 2.24) is 9.97 Å². The van der Waals surface area contributed by atoms with Crippen molar-refractivity contribution in [2.75, 3.05) is 0 Å². The van der Waals surface area contributed by atoms with Crippen LogP contribution < -0.4 is 5.73 Å². The molecule has 0 aromatic carbocycles. The first-order valence-corrected chi connectivity index (χ1v) is 4.65. The maximum atomic E-state index is 5.92. The molecule has 2 N–H and O–H groups in total. The van der Waals surface area contributed by atoms with Crippen molar-refractivity contribution in [3.05, 3.63) is 24.2 Å². The Kier molecular flexibility index (Phi) is 2.21. The number of pyridine rings is 1. The molecule has 4 nitrogen and oxygen atoms in total. The average molecular weight is 191 g/mol. The number of nitrogens with zero attached hydrogens (tertiary/aromatic N) is 2. The van der Waals surface area contributed by atoms with Crippen LogP contribution in [0.25, 0.3) is 11.2 Å². The molecule has 0 aliphatic rings. The minimum Gasteiger partial charge on any atom is -0.421 e. The summed E-state index contributed by atoms with van der Waals surface area (Å²) in [4.78, 5) is 8.34. The Morgan fingerprint density at radius 2 is 2.21 bits per heavy atom. The van der Waals surface area contributed by atoms with Gasteiger partial charge in [0.2, 0.25) is 11.6 Å². The fourth-order valence-corrected chi connectivity index (χ4v) is 1.21. The van der Waals surface area contributed by atoms with Crippen LogP contribution in [-0.4, -0.2) is 9.97 Å². The Morgan fingerprint density at radius 1 is 1.43 bits per heavy atom. The molecule has 2 aromatic rings. The van der Waals surface area contributed by atoms with Gasteiger partial charge in [-0.1, -0.05) is 13.8 Å². The molecule has 14 heavy (non-hydrogen) atoms. The molecule has 4 heteroatoms. The Hall–Kier alpha value is -1.42. The predicted molar refractivity (Wildman–Crippen MR) is 53.6 cm³/mol. The molecule has 0 unspecified atom stereocenters. The predicted octanol–water partition coefficient (Wildman–Crippen LogP) is 1.88. The normalized spacial score (nSPS) is 13.7. The zero-order chi connectivity index (χ0) is 10.1. The molecule has 2 heterocycles. The first kappa shape index (κ1) is 9.15. The van der Waals surface area contributed by atoms with Gasteiger partial charge in [-0.15, -0.1) is 0 Å². The molecule has 0 spiro atoms. The van der Waals surface area contributed by atoms with Crippen LogP contribution in [0.15, 0.2) is 22.7 Å². The van der Waals surface area contributed by atoms with Crippen molar-refractivity contribution in [3.8, 4) is 0 Å². The van der Waals surface area contributed by atoms with E-state index in [4.69, 9.17) is 10.2 Å². The SMILES string of the molecule is CC(C)[C@H](N)c1nc2cccnc2o1. The summed E-state index contributed by atoms with van der Waals surface area (Å²) in [6, 6.07) is 3.53. The molecule has 0 aliphatic heterocycles. The molecule has 0 saturated carbocycles. The monoisotopic (exact) mass is 191 g/mol. The van der Waals surface area contributed by atoms with E-state index in [0.29, 0.717) is 17.5 Å². The van der Waals surface area contributed by atoms with Gasteiger partial charge in [0.05, 0.1) is 6.04 Å². The highest BCUT2D eigenvalue weighted by atomic mass is 16.4. The summed E-state index contributed by atoms with van der Waals surface area (Å²) in [6.45, 7) is 4.07. The molecule has 74 valence electrons. The number of hydrogen-bond donors (Lipinski definition) is 1. The van der Waals surface area contributed by atoms with Crippen molar-refractivity contribution in [1.29, 1.82) is 0 Å². The van der Waals surface area contributed by atoms with E-state index in [2.05, 4.69) is 9.97 Å². The third-order valence-corrected chi connectivity index (χ3v) is 2.19. The van der Waals surface area contributed by atoms with Crippen LogP contribution in [-0.2, 0) is 0 Å². The lowest BCUT2D eigenvalue weighted by molar-refractivity contribution is 0.400. The topological polar surface area (TPSA) is 64.9 Å². The molecule has 0 radical (unpaired) electrons. The van der Waals surface area contributed by atoms with Gasteiger partial charge < -0.3 is 10.2 Å². The van der Waals surface area contributed by atoms with Gasteiger partial charge in [0.1, 0.15) is 5.52 Å². The average Bonchev–Trinajstić information content (AvgIpc) is 2.59. The van der Waals surface area contributed by atoms with Gasteiger partial charge in [-0.25, -0.2) is 9.97 Å². The number of hydrogen-bond acceptors (Lipinski definition) is 4. The highest BCUT2D eigenvalue weighted by molar-refractivity contribution is 5.67. The maximum Gasteiger partial charge on any atom is 0.247 e. The smallest absolute Gasteiger partial charge is 0.247 e. The molecule has 2 rings (SSSR count). The second-order valence-corrected chi connectivity index (χ2v) is 3.65. The van der Waals surface area contributed by atoms with E-state index in [1.54, 1.807) is 6.20 Å². The van der Waals surface area contributed by atoms with E-state index >= 15 is 0 Å². The van der Waals surface area contributed by atoms with E-state index in [1.807, 2.05) is 26.0 Å². The zero-order valence-corrected chi connectivity index (χ0v) is 8.27. The number of fused-ring (bicyclic) bond motifs is 1. The molecule has 2 aromatic heterocycles. The van der Waals surface area contributed by atoms with Crippen molar-refractivity contribution >= 4 is 11.2 Å².